The first-order valence-corrected chi connectivity index (χ1v) is 17.1. The summed E-state index contributed by atoms with van der Waals surface area (Å²) in [6.45, 7) is 4.45. The van der Waals surface area contributed by atoms with Gasteiger partial charge < -0.3 is 18.9 Å². The molecule has 49 heavy (non-hydrogen) atoms. The second kappa shape index (κ2) is 15.2. The van der Waals surface area contributed by atoms with Crippen molar-refractivity contribution in [3.63, 3.8) is 0 Å². The number of aromatic nitrogens is 1. The van der Waals surface area contributed by atoms with E-state index in [1.165, 1.54) is 11.3 Å². The van der Waals surface area contributed by atoms with Gasteiger partial charge in [0.15, 0.2) is 16.3 Å². The quantitative estimate of drug-likeness (QED) is 0.134. The number of ether oxygens (including phenoxy) is 4. The highest BCUT2D eigenvalue weighted by atomic mass is 35.5. The zero-order valence-corrected chi connectivity index (χ0v) is 29.3. The predicted molar refractivity (Wildman–Crippen MR) is 192 cm³/mol. The van der Waals surface area contributed by atoms with Crippen LogP contribution in [0.2, 0.25) is 10.0 Å². The van der Waals surface area contributed by atoms with E-state index in [0.29, 0.717) is 60.1 Å². The molecule has 1 aliphatic rings. The number of rotatable bonds is 11. The minimum Gasteiger partial charge on any atom is -0.494 e. The molecule has 0 radical (unpaired) electrons. The molecule has 6 rings (SSSR count). The lowest BCUT2D eigenvalue weighted by atomic mass is 9.93. The van der Waals surface area contributed by atoms with Crippen molar-refractivity contribution >= 4 is 52.3 Å². The fourth-order valence-corrected chi connectivity index (χ4v) is 7.02. The van der Waals surface area contributed by atoms with Gasteiger partial charge in [-0.15, -0.1) is 0 Å². The topological polar surface area (TPSA) is 88.4 Å². The first kappa shape index (κ1) is 34.0. The molecule has 1 aliphatic heterocycles. The van der Waals surface area contributed by atoms with Gasteiger partial charge in [-0.3, -0.25) is 9.36 Å². The Balaban J connectivity index is 1.54. The maximum atomic E-state index is 14.4. The van der Waals surface area contributed by atoms with Crippen molar-refractivity contribution in [3.8, 4) is 17.2 Å². The van der Waals surface area contributed by atoms with Crippen LogP contribution in [0.15, 0.2) is 106 Å². The monoisotopic (exact) mass is 714 g/mol. The van der Waals surface area contributed by atoms with Crippen molar-refractivity contribution in [2.75, 3.05) is 20.3 Å². The number of carbonyl (C=O) groups excluding carboxylic acids is 1. The van der Waals surface area contributed by atoms with Crippen LogP contribution >= 0.6 is 34.5 Å². The first-order chi connectivity index (χ1) is 23.8. The van der Waals surface area contributed by atoms with Gasteiger partial charge in [-0.05, 0) is 55.8 Å². The molecular formula is C38H32Cl2N2O6S. The van der Waals surface area contributed by atoms with Gasteiger partial charge in [-0.1, -0.05) is 95.2 Å². The lowest BCUT2D eigenvalue weighted by Gasteiger charge is -2.26. The van der Waals surface area contributed by atoms with Crippen LogP contribution in [0, 0.1) is 0 Å². The molecule has 0 saturated heterocycles. The van der Waals surface area contributed by atoms with Crippen molar-refractivity contribution in [2.24, 2.45) is 4.99 Å². The number of para-hydroxylation sites is 1. The number of benzene rings is 4. The summed E-state index contributed by atoms with van der Waals surface area (Å²) in [6, 6.07) is 26.6. The van der Waals surface area contributed by atoms with E-state index in [1.807, 2.05) is 73.7 Å². The maximum absolute atomic E-state index is 14.4. The number of thiazole rings is 1. The van der Waals surface area contributed by atoms with Crippen LogP contribution in [0.1, 0.15) is 42.1 Å². The average Bonchev–Trinajstić information content (AvgIpc) is 3.42. The Morgan fingerprint density at radius 1 is 0.939 bits per heavy atom. The van der Waals surface area contributed by atoms with Crippen molar-refractivity contribution in [1.29, 1.82) is 0 Å². The molecule has 8 nitrogen and oxygen atoms in total. The number of carbonyl (C=O) groups is 1. The largest absolute Gasteiger partial charge is 0.494 e. The number of halogens is 2. The summed E-state index contributed by atoms with van der Waals surface area (Å²) in [4.78, 5) is 33.6. The molecule has 1 atom stereocenters. The molecule has 250 valence electrons. The van der Waals surface area contributed by atoms with Crippen molar-refractivity contribution in [2.45, 2.75) is 26.5 Å². The van der Waals surface area contributed by atoms with Crippen LogP contribution in [0.3, 0.4) is 0 Å². The molecule has 0 N–H and O–H groups in total. The number of nitrogens with zero attached hydrogens (tertiary/aromatic N) is 2. The van der Waals surface area contributed by atoms with Crippen LogP contribution in [0.5, 0.6) is 17.2 Å². The third-order valence-corrected chi connectivity index (χ3v) is 9.35. The lowest BCUT2D eigenvalue weighted by molar-refractivity contribution is -0.138. The summed E-state index contributed by atoms with van der Waals surface area (Å²) < 4.78 is 25.1. The minimum absolute atomic E-state index is 0.138. The fourth-order valence-electron chi connectivity index (χ4n) is 5.56. The summed E-state index contributed by atoms with van der Waals surface area (Å²) >= 11 is 13.7. The van der Waals surface area contributed by atoms with E-state index in [-0.39, 0.29) is 24.3 Å². The molecule has 5 aromatic rings. The molecule has 11 heteroatoms. The second-order valence-electron chi connectivity index (χ2n) is 10.8. The highest BCUT2D eigenvalue weighted by molar-refractivity contribution is 7.07. The molecular weight excluding hydrogens is 683 g/mol. The van der Waals surface area contributed by atoms with Crippen molar-refractivity contribution in [1.82, 2.24) is 4.57 Å². The van der Waals surface area contributed by atoms with E-state index in [4.69, 9.17) is 47.1 Å². The molecule has 2 heterocycles. The molecule has 0 unspecified atom stereocenters. The fraction of sp³-hybridized carbons (Fsp3) is 0.184. The normalized spacial score (nSPS) is 14.2. The van der Waals surface area contributed by atoms with E-state index in [2.05, 4.69) is 0 Å². The molecule has 0 fully saturated rings. The number of esters is 1. The summed E-state index contributed by atoms with van der Waals surface area (Å²) in [5.41, 5.74) is 3.15. The maximum Gasteiger partial charge on any atom is 0.338 e. The molecule has 0 bridgehead atoms. The van der Waals surface area contributed by atoms with Gasteiger partial charge in [0.25, 0.3) is 5.56 Å². The van der Waals surface area contributed by atoms with Gasteiger partial charge in [-0.2, -0.15) is 0 Å². The van der Waals surface area contributed by atoms with E-state index >= 15 is 0 Å². The summed E-state index contributed by atoms with van der Waals surface area (Å²) in [5.74, 6) is 1.04. The first-order valence-electron chi connectivity index (χ1n) is 15.6. The number of fused-ring (bicyclic) bond motifs is 1. The highest BCUT2D eigenvalue weighted by Crippen LogP contribution is 2.36. The molecule has 0 amide bonds. The van der Waals surface area contributed by atoms with Gasteiger partial charge in [0.1, 0.15) is 12.4 Å². The van der Waals surface area contributed by atoms with Crippen LogP contribution in [0.4, 0.5) is 0 Å². The van der Waals surface area contributed by atoms with E-state index < -0.39 is 12.0 Å². The lowest BCUT2D eigenvalue weighted by Crippen LogP contribution is -2.40. The number of methoxy groups -OCH3 is 1. The zero-order chi connectivity index (χ0) is 34.5. The second-order valence-corrected chi connectivity index (χ2v) is 12.7. The average molecular weight is 716 g/mol. The van der Waals surface area contributed by atoms with E-state index in [9.17, 15) is 9.59 Å². The summed E-state index contributed by atoms with van der Waals surface area (Å²) in [6.07, 6.45) is 1.75. The van der Waals surface area contributed by atoms with E-state index in [0.717, 1.165) is 11.1 Å². The van der Waals surface area contributed by atoms with Gasteiger partial charge >= 0.3 is 5.97 Å². The van der Waals surface area contributed by atoms with Gasteiger partial charge in [-0.25, -0.2) is 9.79 Å². The molecule has 0 spiro atoms. The number of hydrogen-bond acceptors (Lipinski definition) is 8. The third-order valence-electron chi connectivity index (χ3n) is 7.78. The zero-order valence-electron chi connectivity index (χ0n) is 26.9. The van der Waals surface area contributed by atoms with Crippen molar-refractivity contribution in [3.05, 3.63) is 149 Å². The Labute approximate surface area is 297 Å². The van der Waals surface area contributed by atoms with Crippen LogP contribution in [-0.2, 0) is 16.1 Å². The molecule has 4 aromatic carbocycles. The summed E-state index contributed by atoms with van der Waals surface area (Å²) in [7, 11) is 1.55. The Kier molecular flexibility index (Phi) is 10.5. The molecule has 0 aliphatic carbocycles. The number of hydrogen-bond donors (Lipinski definition) is 0. The van der Waals surface area contributed by atoms with Crippen molar-refractivity contribution < 1.29 is 23.7 Å². The van der Waals surface area contributed by atoms with Gasteiger partial charge in [0.2, 0.25) is 0 Å². The van der Waals surface area contributed by atoms with Crippen LogP contribution in [-0.4, -0.2) is 30.9 Å². The highest BCUT2D eigenvalue weighted by Gasteiger charge is 2.35. The standard InChI is InChI=1S/C38H32Cl2N2O6S/c1-4-46-28-18-15-24(16-19-28)34-32(37(44)47-5-2)33(23-10-7-6-8-11-23)41-38-42(34)36(43)31(49-38)20-25-12-9-13-30(45-3)35(25)48-22-26-14-17-27(39)21-29(26)40/h6-21,34H,4-5,22H2,1-3H3/b31-20-/t34-/m0/s1. The minimum atomic E-state index is -0.823. The van der Waals surface area contributed by atoms with E-state index in [1.54, 1.807) is 48.9 Å². The Morgan fingerprint density at radius 3 is 2.41 bits per heavy atom. The Bertz CT molecular complexity index is 2210. The van der Waals surface area contributed by atoms with Gasteiger partial charge in [0, 0.05) is 26.7 Å². The Hall–Kier alpha value is -4.83. The molecule has 0 saturated carbocycles. The van der Waals surface area contributed by atoms with Gasteiger partial charge in [0.05, 0.1) is 42.2 Å². The Morgan fingerprint density at radius 2 is 1.71 bits per heavy atom. The molecule has 1 aromatic heterocycles. The van der Waals surface area contributed by atoms with Crippen LogP contribution in [0.25, 0.3) is 11.8 Å². The predicted octanol–water partition coefficient (Wildman–Crippen LogP) is 7.23. The smallest absolute Gasteiger partial charge is 0.338 e. The SMILES string of the molecule is CCOC(=O)C1=C(c2ccccc2)N=c2s/c(=C\c3cccc(OC)c3OCc3ccc(Cl)cc3Cl)c(=O)n2[C@H]1c1ccc(OCC)cc1. The summed E-state index contributed by atoms with van der Waals surface area (Å²) in [5, 5.41) is 0.991. The third kappa shape index (κ3) is 7.15. The van der Waals surface area contributed by atoms with Crippen LogP contribution < -0.4 is 29.1 Å².